The molecule has 4 aliphatic heterocycles. The third-order valence-electron chi connectivity index (χ3n) is 9.86. The zero-order valence-corrected chi connectivity index (χ0v) is 26.1. The highest BCUT2D eigenvalue weighted by Gasteiger charge is 2.62. The molecule has 0 aliphatic carbocycles. The second-order valence-corrected chi connectivity index (χ2v) is 12.7. The van der Waals surface area contributed by atoms with E-state index in [0.29, 0.717) is 30.4 Å². The number of fused-ring (bicyclic) bond motifs is 6. The lowest BCUT2D eigenvalue weighted by Gasteiger charge is -2.43. The zero-order valence-electron chi connectivity index (χ0n) is 26.1. The first-order valence-electron chi connectivity index (χ1n) is 15.6. The van der Waals surface area contributed by atoms with E-state index in [1.165, 1.54) is 12.1 Å². The smallest absolute Gasteiger partial charge is 0.363 e. The molecular formula is C34H35F3N4O6. The molecule has 13 heteroatoms. The third kappa shape index (κ3) is 5.39. The van der Waals surface area contributed by atoms with E-state index in [0.717, 1.165) is 34.5 Å². The number of methoxy groups -OCH3 is 1. The number of aromatic amines is 1. The van der Waals surface area contributed by atoms with Gasteiger partial charge in [-0.1, -0.05) is 24.3 Å². The Morgan fingerprint density at radius 2 is 1.77 bits per heavy atom. The van der Waals surface area contributed by atoms with Crippen LogP contribution in [-0.4, -0.2) is 95.2 Å². The molecule has 3 saturated heterocycles. The third-order valence-corrected chi connectivity index (χ3v) is 9.86. The molecule has 47 heavy (non-hydrogen) atoms. The molecule has 0 radical (unpaired) electrons. The zero-order chi connectivity index (χ0) is 33.2. The van der Waals surface area contributed by atoms with Gasteiger partial charge in [0.25, 0.3) is 17.7 Å². The molecular weight excluding hydrogens is 617 g/mol. The maximum Gasteiger partial charge on any atom is 0.363 e. The number of piperazine rings is 1. The summed E-state index contributed by atoms with van der Waals surface area (Å²) in [7, 11) is 1.61. The predicted molar refractivity (Wildman–Crippen MR) is 163 cm³/mol. The largest absolute Gasteiger partial charge is 0.496 e. The number of amides is 2. The van der Waals surface area contributed by atoms with Crippen LogP contribution in [-0.2, 0) is 25.7 Å². The Balaban J connectivity index is 1.13. The summed E-state index contributed by atoms with van der Waals surface area (Å²) in [5, 5.41) is 1.54. The van der Waals surface area contributed by atoms with Crippen molar-refractivity contribution in [2.75, 3.05) is 33.3 Å². The van der Waals surface area contributed by atoms with Crippen molar-refractivity contribution in [3.8, 4) is 5.75 Å². The normalized spacial score (nSPS) is 26.8. The summed E-state index contributed by atoms with van der Waals surface area (Å²) < 4.78 is 54.1. The van der Waals surface area contributed by atoms with Crippen LogP contribution in [0.5, 0.6) is 5.75 Å². The van der Waals surface area contributed by atoms with Crippen molar-refractivity contribution in [3.63, 3.8) is 0 Å². The van der Waals surface area contributed by atoms with E-state index in [1.807, 2.05) is 25.3 Å². The Bertz CT molecular complexity index is 1730. The lowest BCUT2D eigenvalue weighted by molar-refractivity contribution is -0.177. The maximum absolute atomic E-state index is 14.5. The summed E-state index contributed by atoms with van der Waals surface area (Å²) >= 11 is 0. The number of halogens is 3. The van der Waals surface area contributed by atoms with E-state index in [-0.39, 0.29) is 12.1 Å². The maximum atomic E-state index is 14.5. The molecule has 6 atom stereocenters. The van der Waals surface area contributed by atoms with Crippen LogP contribution in [0, 0.1) is 18.8 Å². The fourth-order valence-corrected chi connectivity index (χ4v) is 7.28. The molecule has 4 aliphatic rings. The summed E-state index contributed by atoms with van der Waals surface area (Å²) in [6, 6.07) is 9.98. The first-order valence-corrected chi connectivity index (χ1v) is 15.6. The summed E-state index contributed by atoms with van der Waals surface area (Å²) in [4.78, 5) is 51.2. The van der Waals surface area contributed by atoms with Gasteiger partial charge in [-0.2, -0.15) is 0 Å². The lowest BCUT2D eigenvalue weighted by atomic mass is 9.85. The molecule has 0 spiro atoms. The molecule has 3 fully saturated rings. The Hall–Kier alpha value is -4.20. The standard InChI is InChI=1S/C34H35F3N4O6/c1-18-14-27(45-3)23(22-10-11-38-30(18)22)15-40-13-12-39(17-34(36,37)19(2)35)16-24(40)20-4-6-21(7-5-20)33(44)47-41-31(42)28-25-8-9-26(46-25)29(28)32(41)43/h4-11,14,19,24-26,28-29,38H,12-13,15-17H2,1-3H3/t19?,24-,25?,26?,28?,29?/m0/s1. The topological polar surface area (TPSA) is 104 Å². The van der Waals surface area contributed by atoms with Crippen LogP contribution in [0.2, 0.25) is 0 Å². The van der Waals surface area contributed by atoms with Gasteiger partial charge in [-0.25, -0.2) is 18.0 Å². The minimum absolute atomic E-state index is 0.106. The number of hydrogen-bond acceptors (Lipinski definition) is 8. The molecule has 2 aromatic carbocycles. The lowest BCUT2D eigenvalue weighted by Crippen LogP contribution is -2.52. The molecule has 5 heterocycles. The summed E-state index contributed by atoms with van der Waals surface area (Å²) in [5.41, 5.74) is 3.78. The number of alkyl halides is 3. The molecule has 2 bridgehead atoms. The molecule has 10 nitrogen and oxygen atoms in total. The van der Waals surface area contributed by atoms with Crippen LogP contribution >= 0.6 is 0 Å². The van der Waals surface area contributed by atoms with Crippen LogP contribution in [0.4, 0.5) is 13.2 Å². The number of aromatic nitrogens is 1. The monoisotopic (exact) mass is 652 g/mol. The van der Waals surface area contributed by atoms with Gasteiger partial charge in [0.05, 0.1) is 43.3 Å². The first-order chi connectivity index (χ1) is 22.5. The molecule has 0 saturated carbocycles. The number of rotatable bonds is 9. The van der Waals surface area contributed by atoms with Crippen molar-refractivity contribution < 1.29 is 41.9 Å². The summed E-state index contributed by atoms with van der Waals surface area (Å²) in [5.74, 6) is -6.32. The number of hydroxylamine groups is 2. The van der Waals surface area contributed by atoms with E-state index in [1.54, 1.807) is 36.3 Å². The van der Waals surface area contributed by atoms with Crippen LogP contribution in [0.25, 0.3) is 10.9 Å². The first kappa shape index (κ1) is 31.4. The predicted octanol–water partition coefficient (Wildman–Crippen LogP) is 4.35. The van der Waals surface area contributed by atoms with Crippen LogP contribution in [0.1, 0.15) is 40.0 Å². The fourth-order valence-electron chi connectivity index (χ4n) is 7.28. The van der Waals surface area contributed by atoms with Gasteiger partial charge < -0.3 is 19.3 Å². The summed E-state index contributed by atoms with van der Waals surface area (Å²) in [6.07, 6.45) is 2.03. The van der Waals surface area contributed by atoms with Crippen molar-refractivity contribution in [3.05, 3.63) is 77.0 Å². The van der Waals surface area contributed by atoms with Crippen molar-refractivity contribution in [1.82, 2.24) is 19.8 Å². The van der Waals surface area contributed by atoms with E-state index in [2.05, 4.69) is 9.88 Å². The molecule has 7 rings (SSSR count). The van der Waals surface area contributed by atoms with Gasteiger partial charge in [0.2, 0.25) is 0 Å². The van der Waals surface area contributed by atoms with Crippen LogP contribution < -0.4 is 4.74 Å². The van der Waals surface area contributed by atoms with Crippen molar-refractivity contribution >= 4 is 28.7 Å². The average Bonchev–Trinajstić information content (AvgIpc) is 3.85. The Labute approximate surface area is 269 Å². The highest BCUT2D eigenvalue weighted by atomic mass is 19.3. The number of nitrogens with zero attached hydrogens (tertiary/aromatic N) is 3. The minimum Gasteiger partial charge on any atom is -0.496 e. The molecule has 1 N–H and O–H groups in total. The van der Waals surface area contributed by atoms with Gasteiger partial charge in [-0.3, -0.25) is 19.4 Å². The minimum atomic E-state index is -3.51. The van der Waals surface area contributed by atoms with E-state index < -0.39 is 66.5 Å². The fraction of sp³-hybridized carbons (Fsp3) is 0.441. The second-order valence-electron chi connectivity index (χ2n) is 12.7. The number of carbonyl (C=O) groups is 3. The Morgan fingerprint density at radius 1 is 1.09 bits per heavy atom. The van der Waals surface area contributed by atoms with Crippen molar-refractivity contribution in [2.24, 2.45) is 11.8 Å². The highest BCUT2D eigenvalue weighted by molar-refractivity contribution is 6.07. The number of benzene rings is 2. The number of nitrogens with one attached hydrogen (secondary N) is 1. The number of ether oxygens (including phenoxy) is 2. The molecule has 5 unspecified atom stereocenters. The van der Waals surface area contributed by atoms with Crippen LogP contribution in [0.15, 0.2) is 54.7 Å². The van der Waals surface area contributed by atoms with E-state index >= 15 is 0 Å². The van der Waals surface area contributed by atoms with Gasteiger partial charge in [-0.05, 0) is 49.2 Å². The number of hydrogen-bond donors (Lipinski definition) is 1. The van der Waals surface area contributed by atoms with Gasteiger partial charge in [0.15, 0.2) is 6.17 Å². The number of H-pyrrole nitrogens is 1. The van der Waals surface area contributed by atoms with E-state index in [9.17, 15) is 27.6 Å². The van der Waals surface area contributed by atoms with Crippen LogP contribution in [0.3, 0.4) is 0 Å². The molecule has 3 aromatic rings. The average molecular weight is 653 g/mol. The molecule has 248 valence electrons. The number of carbonyl (C=O) groups excluding carboxylic acids is 3. The Morgan fingerprint density at radius 3 is 2.40 bits per heavy atom. The van der Waals surface area contributed by atoms with Crippen molar-refractivity contribution in [1.29, 1.82) is 0 Å². The SMILES string of the molecule is COc1cc(C)c2[nH]ccc2c1CN1CCN(CC(F)(F)C(C)F)C[C@H]1c1ccc(C(=O)ON2C(=O)C3C4C=CC(O4)C3C2=O)cc1. The van der Waals surface area contributed by atoms with Gasteiger partial charge in [0.1, 0.15) is 5.75 Å². The summed E-state index contributed by atoms with van der Waals surface area (Å²) in [6.45, 7) is 3.47. The van der Waals surface area contributed by atoms with Crippen molar-refractivity contribution in [2.45, 2.75) is 50.7 Å². The Kier molecular flexibility index (Phi) is 7.88. The highest BCUT2D eigenvalue weighted by Crippen LogP contribution is 2.45. The molecule has 1 aromatic heterocycles. The number of imide groups is 1. The quantitative estimate of drug-likeness (QED) is 0.269. The van der Waals surface area contributed by atoms with E-state index in [4.69, 9.17) is 14.3 Å². The number of aryl methyl sites for hydroxylation is 1. The van der Waals surface area contributed by atoms with Gasteiger partial charge in [-0.15, -0.1) is 5.06 Å². The van der Waals surface area contributed by atoms with Gasteiger partial charge >= 0.3 is 5.97 Å². The molecule has 2 amide bonds. The second kappa shape index (κ2) is 11.8. The van der Waals surface area contributed by atoms with Gasteiger partial charge in [0, 0.05) is 54.9 Å².